The van der Waals surface area contributed by atoms with E-state index >= 15 is 0 Å². The van der Waals surface area contributed by atoms with E-state index in [0.29, 0.717) is 35.0 Å². The van der Waals surface area contributed by atoms with Crippen molar-refractivity contribution in [1.29, 1.82) is 0 Å². The Morgan fingerprint density at radius 1 is 0.976 bits per heavy atom. The summed E-state index contributed by atoms with van der Waals surface area (Å²) >= 11 is 12.4. The van der Waals surface area contributed by atoms with Crippen LogP contribution in [-0.2, 0) is 38.7 Å². The molecular formula is C27H31Cl2N7O6. The van der Waals surface area contributed by atoms with Gasteiger partial charge in [-0.15, -0.1) is 10.2 Å². The van der Waals surface area contributed by atoms with Gasteiger partial charge in [0.25, 0.3) is 0 Å². The number of ether oxygens (including phenoxy) is 1. The molecule has 2 atom stereocenters. The monoisotopic (exact) mass is 619 g/mol. The first-order chi connectivity index (χ1) is 20.2. The first-order valence-electron chi connectivity index (χ1n) is 13.1. The number of nitrogens with zero attached hydrogens (tertiary/aromatic N) is 4. The number of ketones is 1. The van der Waals surface area contributed by atoms with Gasteiger partial charge in [-0.1, -0.05) is 59.6 Å². The van der Waals surface area contributed by atoms with Crippen molar-refractivity contribution in [3.05, 3.63) is 75.5 Å². The van der Waals surface area contributed by atoms with Gasteiger partial charge in [-0.2, -0.15) is 4.80 Å². The van der Waals surface area contributed by atoms with Gasteiger partial charge in [0, 0.05) is 16.5 Å². The Bertz CT molecular complexity index is 1350. The second kappa shape index (κ2) is 16.4. The lowest BCUT2D eigenvalue weighted by Crippen LogP contribution is -2.52. The van der Waals surface area contributed by atoms with Crippen molar-refractivity contribution in [3.8, 4) is 0 Å². The molecule has 0 aliphatic heterocycles. The highest BCUT2D eigenvalue weighted by Gasteiger charge is 2.29. The number of nitrogens with two attached hydrogens (primary N) is 1. The third-order valence-corrected chi connectivity index (χ3v) is 6.75. The van der Waals surface area contributed by atoms with Crippen LogP contribution >= 0.6 is 23.2 Å². The van der Waals surface area contributed by atoms with Crippen molar-refractivity contribution in [2.24, 2.45) is 5.73 Å². The molecule has 0 aliphatic rings. The van der Waals surface area contributed by atoms with Crippen molar-refractivity contribution in [2.75, 3.05) is 6.54 Å². The van der Waals surface area contributed by atoms with Crippen LogP contribution in [0.15, 0.2) is 48.5 Å². The standard InChI is InChI=1S/C27H31Cl2N7O6/c28-19-9-6-10-20(29)18(19)13-24-33-35-36(34-24)15-23(37)22(14-25(38)39)31-26(40)21(11-4-5-12-30)32-27(41)42-16-17-7-2-1-3-8-17/h1-3,6-10,21-22H,4-5,11-16,30H2,(H,31,40)(H,32,41)(H,38,39). The number of hydrogen-bond acceptors (Lipinski definition) is 9. The number of tetrazole rings is 1. The Kier molecular flexibility index (Phi) is 12.7. The summed E-state index contributed by atoms with van der Waals surface area (Å²) in [6.07, 6.45) is -0.122. The largest absolute Gasteiger partial charge is 0.481 e. The molecular weight excluding hydrogens is 589 g/mol. The van der Waals surface area contributed by atoms with Crippen molar-refractivity contribution < 1.29 is 29.0 Å². The second-order valence-corrected chi connectivity index (χ2v) is 10.1. The maximum atomic E-state index is 13.1. The molecule has 1 heterocycles. The maximum Gasteiger partial charge on any atom is 0.408 e. The van der Waals surface area contributed by atoms with Gasteiger partial charge in [-0.05, 0) is 54.3 Å². The van der Waals surface area contributed by atoms with Crippen molar-refractivity contribution >= 4 is 47.0 Å². The summed E-state index contributed by atoms with van der Waals surface area (Å²) < 4.78 is 5.21. The van der Waals surface area contributed by atoms with Gasteiger partial charge in [0.15, 0.2) is 11.6 Å². The lowest BCUT2D eigenvalue weighted by Gasteiger charge is -2.22. The average Bonchev–Trinajstić information content (AvgIpc) is 3.40. The number of carboxylic acids is 1. The number of amides is 2. The number of carbonyl (C=O) groups excluding carboxylic acids is 3. The highest BCUT2D eigenvalue weighted by Crippen LogP contribution is 2.25. The lowest BCUT2D eigenvalue weighted by molar-refractivity contribution is -0.140. The van der Waals surface area contributed by atoms with Gasteiger partial charge in [-0.3, -0.25) is 14.4 Å². The number of hydrogen-bond donors (Lipinski definition) is 4. The number of benzene rings is 2. The fourth-order valence-corrected chi connectivity index (χ4v) is 4.42. The van der Waals surface area contributed by atoms with E-state index in [1.165, 1.54) is 0 Å². The Morgan fingerprint density at radius 3 is 2.36 bits per heavy atom. The summed E-state index contributed by atoms with van der Waals surface area (Å²) in [5.41, 5.74) is 6.89. The van der Waals surface area contributed by atoms with E-state index < -0.39 is 48.8 Å². The van der Waals surface area contributed by atoms with E-state index in [1.807, 2.05) is 6.07 Å². The van der Waals surface area contributed by atoms with Gasteiger partial charge in [-0.25, -0.2) is 4.79 Å². The molecule has 224 valence electrons. The number of alkyl carbamates (subject to hydrolysis) is 1. The number of carboxylic acid groups (broad SMARTS) is 1. The molecule has 13 nitrogen and oxygen atoms in total. The maximum absolute atomic E-state index is 13.1. The Hall–Kier alpha value is -4.07. The topological polar surface area (TPSA) is 191 Å². The van der Waals surface area contributed by atoms with E-state index in [1.54, 1.807) is 42.5 Å². The predicted molar refractivity (Wildman–Crippen MR) is 153 cm³/mol. The number of aliphatic carboxylic acids is 1. The Balaban J connectivity index is 1.65. The molecule has 3 aromatic rings. The van der Waals surface area contributed by atoms with Gasteiger partial charge in [0.05, 0.1) is 6.42 Å². The minimum absolute atomic E-state index is 0.0144. The van der Waals surface area contributed by atoms with Gasteiger partial charge < -0.3 is 26.2 Å². The molecule has 2 amide bonds. The minimum atomic E-state index is -1.43. The number of Topliss-reactive ketones (excluding diaryl/α,β-unsaturated/α-hetero) is 1. The fraction of sp³-hybridized carbons (Fsp3) is 0.370. The van der Waals surface area contributed by atoms with E-state index in [4.69, 9.17) is 33.7 Å². The third kappa shape index (κ3) is 10.4. The van der Waals surface area contributed by atoms with Crippen LogP contribution in [0.4, 0.5) is 4.79 Å². The lowest BCUT2D eigenvalue weighted by atomic mass is 10.1. The SMILES string of the molecule is NCCCCC(NC(=O)OCc1ccccc1)C(=O)NC(CC(=O)O)C(=O)Cn1nnc(Cc2c(Cl)cccc2Cl)n1. The zero-order valence-electron chi connectivity index (χ0n) is 22.5. The normalized spacial score (nSPS) is 12.3. The van der Waals surface area contributed by atoms with Crippen LogP contribution in [-0.4, -0.2) is 67.7 Å². The second-order valence-electron chi connectivity index (χ2n) is 9.28. The van der Waals surface area contributed by atoms with Crippen LogP contribution in [0.2, 0.25) is 10.0 Å². The van der Waals surface area contributed by atoms with Crippen molar-refractivity contribution in [2.45, 2.75) is 57.3 Å². The number of unbranched alkanes of at least 4 members (excludes halogenated alkanes) is 1. The highest BCUT2D eigenvalue weighted by molar-refractivity contribution is 6.36. The van der Waals surface area contributed by atoms with Crippen LogP contribution in [0, 0.1) is 0 Å². The van der Waals surface area contributed by atoms with E-state index in [9.17, 15) is 24.3 Å². The molecule has 0 spiro atoms. The number of nitrogens with one attached hydrogen (secondary N) is 2. The molecule has 0 aliphatic carbocycles. The number of rotatable bonds is 16. The molecule has 2 unspecified atom stereocenters. The minimum Gasteiger partial charge on any atom is -0.481 e. The predicted octanol–water partition coefficient (Wildman–Crippen LogP) is 2.52. The van der Waals surface area contributed by atoms with Crippen LogP contribution in [0.25, 0.3) is 0 Å². The fourth-order valence-electron chi connectivity index (χ4n) is 3.88. The summed E-state index contributed by atoms with van der Waals surface area (Å²) in [4.78, 5) is 51.1. The summed E-state index contributed by atoms with van der Waals surface area (Å²) in [7, 11) is 0. The highest BCUT2D eigenvalue weighted by atomic mass is 35.5. The Morgan fingerprint density at radius 2 is 1.69 bits per heavy atom. The smallest absolute Gasteiger partial charge is 0.408 e. The van der Waals surface area contributed by atoms with Gasteiger partial charge in [0.1, 0.15) is 25.2 Å². The first kappa shape index (κ1) is 32.4. The molecule has 2 aromatic carbocycles. The number of carbonyl (C=O) groups is 4. The molecule has 0 radical (unpaired) electrons. The van der Waals surface area contributed by atoms with Crippen LogP contribution in [0.3, 0.4) is 0 Å². The number of aromatic nitrogens is 4. The molecule has 15 heteroatoms. The molecule has 3 rings (SSSR count). The third-order valence-electron chi connectivity index (χ3n) is 6.04. The zero-order valence-corrected chi connectivity index (χ0v) is 24.1. The summed E-state index contributed by atoms with van der Waals surface area (Å²) in [6.45, 7) is -0.103. The average molecular weight is 620 g/mol. The van der Waals surface area contributed by atoms with Crippen LogP contribution < -0.4 is 16.4 Å². The van der Waals surface area contributed by atoms with Crippen molar-refractivity contribution in [3.63, 3.8) is 0 Å². The summed E-state index contributed by atoms with van der Waals surface area (Å²) in [5, 5.41) is 27.1. The molecule has 0 bridgehead atoms. The van der Waals surface area contributed by atoms with E-state index in [2.05, 4.69) is 26.0 Å². The number of halogens is 2. The zero-order chi connectivity index (χ0) is 30.5. The van der Waals surface area contributed by atoms with Crippen LogP contribution in [0.5, 0.6) is 0 Å². The molecule has 1 aromatic heterocycles. The molecule has 42 heavy (non-hydrogen) atoms. The van der Waals surface area contributed by atoms with Crippen molar-refractivity contribution in [1.82, 2.24) is 30.8 Å². The quantitative estimate of drug-likeness (QED) is 0.173. The van der Waals surface area contributed by atoms with E-state index in [-0.39, 0.29) is 25.3 Å². The van der Waals surface area contributed by atoms with E-state index in [0.717, 1.165) is 10.4 Å². The van der Waals surface area contributed by atoms with Crippen LogP contribution in [0.1, 0.15) is 42.6 Å². The molecule has 5 N–H and O–H groups in total. The summed E-state index contributed by atoms with van der Waals surface area (Å²) in [6, 6.07) is 11.5. The Labute approximate surface area is 251 Å². The first-order valence-corrected chi connectivity index (χ1v) is 13.8. The molecule has 0 fully saturated rings. The van der Waals surface area contributed by atoms with Gasteiger partial charge in [0.2, 0.25) is 5.91 Å². The summed E-state index contributed by atoms with van der Waals surface area (Å²) in [5.74, 6) is -2.51. The molecule has 0 saturated heterocycles. The molecule has 0 saturated carbocycles. The van der Waals surface area contributed by atoms with Gasteiger partial charge >= 0.3 is 12.1 Å².